The van der Waals surface area contributed by atoms with Crippen molar-refractivity contribution in [2.24, 2.45) is 4.99 Å². The molecule has 9 heteroatoms. The smallest absolute Gasteiger partial charge is 0.239 e. The van der Waals surface area contributed by atoms with Gasteiger partial charge in [0.25, 0.3) is 0 Å². The summed E-state index contributed by atoms with van der Waals surface area (Å²) < 4.78 is 0. The Balaban J connectivity index is 1.49. The molecule has 0 aromatic carbocycles. The molecule has 1 saturated heterocycles. The summed E-state index contributed by atoms with van der Waals surface area (Å²) in [4.78, 5) is 24.8. The summed E-state index contributed by atoms with van der Waals surface area (Å²) in [6, 6.07) is 4.02. The van der Waals surface area contributed by atoms with Crippen molar-refractivity contribution in [1.82, 2.24) is 25.8 Å². The highest BCUT2D eigenvalue weighted by molar-refractivity contribution is 7.11. The zero-order chi connectivity index (χ0) is 17.8. The monoisotopic (exact) mass is 388 g/mol. The third-order valence-corrected chi connectivity index (χ3v) is 6.16. The van der Waals surface area contributed by atoms with Crippen LogP contribution in [0.25, 0.3) is 0 Å². The maximum Gasteiger partial charge on any atom is 0.239 e. The molecule has 0 radical (unpaired) electrons. The van der Waals surface area contributed by atoms with E-state index < -0.39 is 5.66 Å². The van der Waals surface area contributed by atoms with Gasteiger partial charge in [-0.25, -0.2) is 4.98 Å². The van der Waals surface area contributed by atoms with E-state index in [-0.39, 0.29) is 5.91 Å². The van der Waals surface area contributed by atoms with Gasteiger partial charge < -0.3 is 16.0 Å². The number of rotatable bonds is 5. The first-order valence-electron chi connectivity index (χ1n) is 8.47. The molecule has 2 aliphatic rings. The van der Waals surface area contributed by atoms with Gasteiger partial charge in [-0.1, -0.05) is 6.07 Å². The molecular weight excluding hydrogens is 368 g/mol. The second-order valence-electron chi connectivity index (χ2n) is 6.08. The second-order valence-corrected chi connectivity index (χ2v) is 7.93. The SMILES string of the molecule is O=C(CN1CCNCC1)NC1=CC=NC(c2cccs2)(c2nccs2)N1. The standard InChI is InChI=1S/C17H20N6OS2/c24-15(12-23-8-5-18-6-9-23)21-14-3-4-20-17(22-14,13-2-1-10-25-13)16-19-7-11-26-16/h1-4,7,10-11,18,22H,5-6,8-9,12H2,(H,21,24). The van der Waals surface area contributed by atoms with Crippen molar-refractivity contribution in [2.75, 3.05) is 32.7 Å². The Bertz CT molecular complexity index is 759. The minimum absolute atomic E-state index is 0.0276. The van der Waals surface area contributed by atoms with Crippen LogP contribution in [-0.4, -0.2) is 54.7 Å². The van der Waals surface area contributed by atoms with Crippen molar-refractivity contribution < 1.29 is 4.79 Å². The molecule has 26 heavy (non-hydrogen) atoms. The molecule has 7 nitrogen and oxygen atoms in total. The minimum atomic E-state index is -0.783. The predicted octanol–water partition coefficient (Wildman–Crippen LogP) is 0.943. The Labute approximate surface area is 159 Å². The van der Waals surface area contributed by atoms with Crippen molar-refractivity contribution >= 4 is 34.8 Å². The van der Waals surface area contributed by atoms with Crippen LogP contribution in [0.4, 0.5) is 0 Å². The number of carbonyl (C=O) groups excluding carboxylic acids is 1. The number of hydrogen-bond acceptors (Lipinski definition) is 8. The molecule has 136 valence electrons. The lowest BCUT2D eigenvalue weighted by Crippen LogP contribution is -2.50. The fourth-order valence-electron chi connectivity index (χ4n) is 3.05. The third-order valence-electron chi connectivity index (χ3n) is 4.30. The number of aromatic nitrogens is 1. The third kappa shape index (κ3) is 3.56. The lowest BCUT2D eigenvalue weighted by atomic mass is 10.1. The number of carbonyl (C=O) groups is 1. The Morgan fingerprint density at radius 3 is 2.92 bits per heavy atom. The summed E-state index contributed by atoms with van der Waals surface area (Å²) >= 11 is 3.15. The quantitative estimate of drug-likeness (QED) is 0.710. The van der Waals surface area contributed by atoms with Crippen LogP contribution >= 0.6 is 22.7 Å². The van der Waals surface area contributed by atoms with Crippen LogP contribution in [0.3, 0.4) is 0 Å². The number of allylic oxidation sites excluding steroid dienone is 1. The molecule has 2 aromatic heterocycles. The molecule has 1 atom stereocenters. The highest BCUT2D eigenvalue weighted by Gasteiger charge is 2.39. The van der Waals surface area contributed by atoms with Gasteiger partial charge in [0.15, 0.2) is 0 Å². The Kier molecular flexibility index (Phi) is 5.11. The summed E-state index contributed by atoms with van der Waals surface area (Å²) in [7, 11) is 0. The van der Waals surface area contributed by atoms with Crippen molar-refractivity contribution in [3.63, 3.8) is 0 Å². The molecule has 0 bridgehead atoms. The van der Waals surface area contributed by atoms with Crippen LogP contribution in [0, 0.1) is 0 Å². The number of hydrogen-bond donors (Lipinski definition) is 3. The molecule has 1 amide bonds. The zero-order valence-corrected chi connectivity index (χ0v) is 15.8. The molecule has 4 heterocycles. The molecule has 2 aromatic rings. The van der Waals surface area contributed by atoms with E-state index in [1.807, 2.05) is 22.9 Å². The van der Waals surface area contributed by atoms with Crippen LogP contribution in [0.5, 0.6) is 0 Å². The van der Waals surface area contributed by atoms with E-state index in [4.69, 9.17) is 4.99 Å². The molecule has 3 N–H and O–H groups in total. The van der Waals surface area contributed by atoms with Crippen LogP contribution < -0.4 is 16.0 Å². The first-order chi connectivity index (χ1) is 12.8. The van der Waals surface area contributed by atoms with Gasteiger partial charge in [-0.3, -0.25) is 14.7 Å². The molecule has 1 unspecified atom stereocenters. The Morgan fingerprint density at radius 1 is 1.31 bits per heavy atom. The number of nitrogens with one attached hydrogen (secondary N) is 3. The summed E-state index contributed by atoms with van der Waals surface area (Å²) in [5.74, 6) is 0.615. The van der Waals surface area contributed by atoms with E-state index >= 15 is 0 Å². The van der Waals surface area contributed by atoms with E-state index in [0.717, 1.165) is 36.1 Å². The molecule has 0 spiro atoms. The average molecular weight is 389 g/mol. The van der Waals surface area contributed by atoms with Gasteiger partial charge in [0.05, 0.1) is 11.4 Å². The lowest BCUT2D eigenvalue weighted by molar-refractivity contribution is -0.121. The van der Waals surface area contributed by atoms with Crippen LogP contribution in [0.2, 0.25) is 0 Å². The first-order valence-corrected chi connectivity index (χ1v) is 10.2. The average Bonchev–Trinajstić information content (AvgIpc) is 3.37. The van der Waals surface area contributed by atoms with E-state index in [9.17, 15) is 4.79 Å². The number of amides is 1. The summed E-state index contributed by atoms with van der Waals surface area (Å²) in [5, 5.41) is 14.5. The molecule has 0 saturated carbocycles. The van der Waals surface area contributed by atoms with E-state index in [1.165, 1.54) is 0 Å². The molecule has 2 aliphatic heterocycles. The van der Waals surface area contributed by atoms with E-state index in [1.54, 1.807) is 41.2 Å². The lowest BCUT2D eigenvalue weighted by Gasteiger charge is -2.33. The molecule has 0 aliphatic carbocycles. The number of piperazine rings is 1. The fraction of sp³-hybridized carbons (Fsp3) is 0.353. The van der Waals surface area contributed by atoms with Crippen LogP contribution in [-0.2, 0) is 10.5 Å². The first kappa shape index (κ1) is 17.3. The summed E-state index contributed by atoms with van der Waals surface area (Å²) in [6.07, 6.45) is 5.29. The number of thiophene rings is 1. The number of nitrogens with zero attached hydrogens (tertiary/aromatic N) is 3. The Hall–Kier alpha value is -2.07. The van der Waals surface area contributed by atoms with Gasteiger partial charge in [0.2, 0.25) is 11.6 Å². The van der Waals surface area contributed by atoms with Gasteiger partial charge in [-0.15, -0.1) is 22.7 Å². The summed E-state index contributed by atoms with van der Waals surface area (Å²) in [6.45, 7) is 4.01. The van der Waals surface area contributed by atoms with Crippen LogP contribution in [0.15, 0.2) is 46.0 Å². The minimum Gasteiger partial charge on any atom is -0.337 e. The van der Waals surface area contributed by atoms with Gasteiger partial charge in [0.1, 0.15) is 10.8 Å². The van der Waals surface area contributed by atoms with Gasteiger partial charge in [-0.05, 0) is 17.5 Å². The number of aliphatic imine (C=N–C) groups is 1. The second kappa shape index (κ2) is 7.67. The van der Waals surface area contributed by atoms with E-state index in [0.29, 0.717) is 12.4 Å². The van der Waals surface area contributed by atoms with Crippen molar-refractivity contribution in [3.8, 4) is 0 Å². The fourth-order valence-corrected chi connectivity index (χ4v) is 4.71. The normalized spacial score (nSPS) is 23.3. The highest BCUT2D eigenvalue weighted by atomic mass is 32.1. The highest BCUT2D eigenvalue weighted by Crippen LogP contribution is 2.36. The zero-order valence-electron chi connectivity index (χ0n) is 14.1. The van der Waals surface area contributed by atoms with Gasteiger partial charge in [-0.2, -0.15) is 0 Å². The van der Waals surface area contributed by atoms with Crippen molar-refractivity contribution in [2.45, 2.75) is 5.66 Å². The van der Waals surface area contributed by atoms with Crippen molar-refractivity contribution in [1.29, 1.82) is 0 Å². The maximum atomic E-state index is 12.5. The summed E-state index contributed by atoms with van der Waals surface area (Å²) in [5.41, 5.74) is -0.783. The van der Waals surface area contributed by atoms with Gasteiger partial charge >= 0.3 is 0 Å². The maximum absolute atomic E-state index is 12.5. The largest absolute Gasteiger partial charge is 0.337 e. The molecular formula is C17H20N6OS2. The van der Waals surface area contributed by atoms with Crippen molar-refractivity contribution in [3.05, 3.63) is 50.9 Å². The molecule has 4 rings (SSSR count). The predicted molar refractivity (Wildman–Crippen MR) is 104 cm³/mol. The van der Waals surface area contributed by atoms with E-state index in [2.05, 4.69) is 25.8 Å². The topological polar surface area (TPSA) is 81.7 Å². The molecule has 1 fully saturated rings. The number of thiazole rings is 1. The Morgan fingerprint density at radius 2 is 2.19 bits per heavy atom. The van der Waals surface area contributed by atoms with Gasteiger partial charge in [0, 0.05) is 44.0 Å². The van der Waals surface area contributed by atoms with Crippen LogP contribution in [0.1, 0.15) is 9.88 Å².